The summed E-state index contributed by atoms with van der Waals surface area (Å²) in [5.74, 6) is 0.115. The predicted octanol–water partition coefficient (Wildman–Crippen LogP) is 2.75. The fraction of sp³-hybridized carbons (Fsp3) is 0.211. The van der Waals surface area contributed by atoms with Crippen LogP contribution >= 0.6 is 0 Å². The fourth-order valence-electron chi connectivity index (χ4n) is 3.04. The normalized spacial score (nSPS) is 12.0. The Morgan fingerprint density at radius 2 is 2.04 bits per heavy atom. The highest BCUT2D eigenvalue weighted by atomic mass is 32.2. The Hall–Kier alpha value is -3.07. The number of pyridine rings is 1. The van der Waals surface area contributed by atoms with E-state index in [1.54, 1.807) is 35.3 Å². The van der Waals surface area contributed by atoms with Gasteiger partial charge in [0.25, 0.3) is 0 Å². The third-order valence-electron chi connectivity index (χ3n) is 4.48. The molecule has 0 aliphatic rings. The summed E-state index contributed by atoms with van der Waals surface area (Å²) < 4.78 is 38.9. The number of hydrogen-bond donors (Lipinski definition) is 1. The summed E-state index contributed by atoms with van der Waals surface area (Å²) in [6, 6.07) is 6.61. The standard InChI is InChI=1S/C19H18FN5O2S/c1-25-11-14(10-22-25)18-23-17-15(5-7-21-19(17)24-18)13-4-3-12(16(20)9-13)6-8-28(2,26)27/h3-5,7,9-11H,6,8H2,1-2H3,(H,21,23,24). The molecule has 28 heavy (non-hydrogen) atoms. The van der Waals surface area contributed by atoms with E-state index in [0.717, 1.165) is 17.4 Å². The molecule has 4 aromatic rings. The van der Waals surface area contributed by atoms with Gasteiger partial charge in [-0.25, -0.2) is 22.8 Å². The second-order valence-electron chi connectivity index (χ2n) is 6.73. The minimum atomic E-state index is -3.15. The largest absolute Gasteiger partial charge is 0.336 e. The Kier molecular flexibility index (Phi) is 4.46. The van der Waals surface area contributed by atoms with E-state index in [0.29, 0.717) is 28.1 Å². The van der Waals surface area contributed by atoms with E-state index in [9.17, 15) is 12.8 Å². The number of hydrogen-bond acceptors (Lipinski definition) is 5. The molecule has 4 rings (SSSR count). The van der Waals surface area contributed by atoms with Gasteiger partial charge in [-0.15, -0.1) is 0 Å². The van der Waals surface area contributed by atoms with Gasteiger partial charge in [0.1, 0.15) is 21.5 Å². The molecule has 7 nitrogen and oxygen atoms in total. The number of nitrogens with one attached hydrogen (secondary N) is 1. The summed E-state index contributed by atoms with van der Waals surface area (Å²) in [6.07, 6.45) is 6.46. The molecule has 0 atom stereocenters. The van der Waals surface area contributed by atoms with Crippen molar-refractivity contribution >= 4 is 21.0 Å². The number of sulfone groups is 1. The average Bonchev–Trinajstić information content (AvgIpc) is 3.25. The molecule has 0 spiro atoms. The third-order valence-corrected chi connectivity index (χ3v) is 5.42. The molecule has 0 radical (unpaired) electrons. The molecular weight excluding hydrogens is 381 g/mol. The second kappa shape index (κ2) is 6.83. The summed E-state index contributed by atoms with van der Waals surface area (Å²) in [5.41, 5.74) is 3.85. The molecular formula is C19H18FN5O2S. The molecule has 0 aliphatic heterocycles. The first kappa shape index (κ1) is 18.3. The fourth-order valence-corrected chi connectivity index (χ4v) is 3.64. The maximum absolute atomic E-state index is 14.5. The Balaban J connectivity index is 1.72. The smallest absolute Gasteiger partial charge is 0.178 e. The van der Waals surface area contributed by atoms with Crippen molar-refractivity contribution in [1.82, 2.24) is 24.7 Å². The van der Waals surface area contributed by atoms with E-state index < -0.39 is 15.7 Å². The number of aryl methyl sites for hydroxylation is 2. The van der Waals surface area contributed by atoms with Crippen LogP contribution in [-0.4, -0.2) is 45.2 Å². The van der Waals surface area contributed by atoms with Gasteiger partial charge in [-0.05, 0) is 29.7 Å². The molecule has 0 fully saturated rings. The van der Waals surface area contributed by atoms with E-state index >= 15 is 0 Å². The van der Waals surface area contributed by atoms with Gasteiger partial charge in [0.15, 0.2) is 5.65 Å². The van der Waals surface area contributed by atoms with Crippen LogP contribution in [0, 0.1) is 5.82 Å². The monoisotopic (exact) mass is 399 g/mol. The molecule has 1 aromatic carbocycles. The number of aromatic amines is 1. The van der Waals surface area contributed by atoms with Crippen LogP contribution < -0.4 is 0 Å². The van der Waals surface area contributed by atoms with Crippen LogP contribution in [0.4, 0.5) is 4.39 Å². The van der Waals surface area contributed by atoms with E-state index in [1.165, 1.54) is 6.07 Å². The number of benzene rings is 1. The van der Waals surface area contributed by atoms with Gasteiger partial charge in [0, 0.05) is 31.3 Å². The van der Waals surface area contributed by atoms with Crippen LogP contribution in [0.15, 0.2) is 42.9 Å². The minimum Gasteiger partial charge on any atom is -0.336 e. The molecule has 0 amide bonds. The number of fused-ring (bicyclic) bond motifs is 1. The van der Waals surface area contributed by atoms with Gasteiger partial charge in [0.2, 0.25) is 0 Å². The predicted molar refractivity (Wildman–Crippen MR) is 105 cm³/mol. The van der Waals surface area contributed by atoms with Crippen molar-refractivity contribution in [3.8, 4) is 22.5 Å². The van der Waals surface area contributed by atoms with Gasteiger partial charge in [-0.3, -0.25) is 4.68 Å². The van der Waals surface area contributed by atoms with E-state index in [4.69, 9.17) is 0 Å². The molecule has 9 heteroatoms. The van der Waals surface area contributed by atoms with E-state index in [2.05, 4.69) is 20.1 Å². The van der Waals surface area contributed by atoms with Crippen molar-refractivity contribution in [2.24, 2.45) is 7.05 Å². The van der Waals surface area contributed by atoms with Crippen LogP contribution in [0.5, 0.6) is 0 Å². The zero-order valence-electron chi connectivity index (χ0n) is 15.3. The lowest BCUT2D eigenvalue weighted by Gasteiger charge is -2.07. The molecule has 0 unspecified atom stereocenters. The average molecular weight is 399 g/mol. The van der Waals surface area contributed by atoms with Gasteiger partial charge in [0.05, 0.1) is 23.0 Å². The van der Waals surface area contributed by atoms with Gasteiger partial charge in [-0.2, -0.15) is 5.10 Å². The van der Waals surface area contributed by atoms with Crippen molar-refractivity contribution < 1.29 is 12.8 Å². The maximum Gasteiger partial charge on any atom is 0.178 e. The Morgan fingerprint density at radius 1 is 1.21 bits per heavy atom. The zero-order valence-corrected chi connectivity index (χ0v) is 16.2. The van der Waals surface area contributed by atoms with Crippen molar-refractivity contribution in [1.29, 1.82) is 0 Å². The summed E-state index contributed by atoms with van der Waals surface area (Å²) in [6.45, 7) is 0. The van der Waals surface area contributed by atoms with Crippen LogP contribution in [0.3, 0.4) is 0 Å². The highest BCUT2D eigenvalue weighted by Gasteiger charge is 2.14. The SMILES string of the molecule is Cn1cc(-c2nc3nccc(-c4ccc(CCS(C)(=O)=O)c(F)c4)c3[nH]2)cn1. The van der Waals surface area contributed by atoms with E-state index in [-0.39, 0.29) is 12.2 Å². The summed E-state index contributed by atoms with van der Waals surface area (Å²) in [4.78, 5) is 12.0. The first-order valence-electron chi connectivity index (χ1n) is 8.60. The van der Waals surface area contributed by atoms with Crippen molar-refractivity contribution in [2.45, 2.75) is 6.42 Å². The molecule has 0 saturated carbocycles. The van der Waals surface area contributed by atoms with Crippen molar-refractivity contribution in [3.05, 3.63) is 54.2 Å². The number of rotatable bonds is 5. The molecule has 0 bridgehead atoms. The summed E-state index contributed by atoms with van der Waals surface area (Å²) in [5, 5.41) is 4.14. The highest BCUT2D eigenvalue weighted by molar-refractivity contribution is 7.90. The van der Waals surface area contributed by atoms with Crippen molar-refractivity contribution in [3.63, 3.8) is 0 Å². The topological polar surface area (TPSA) is 93.5 Å². The zero-order chi connectivity index (χ0) is 19.9. The third kappa shape index (κ3) is 3.65. The minimum absolute atomic E-state index is 0.0855. The number of nitrogens with zero attached hydrogens (tertiary/aromatic N) is 4. The number of halogens is 1. The Bertz CT molecular complexity index is 1280. The van der Waals surface area contributed by atoms with Crippen LogP contribution in [0.2, 0.25) is 0 Å². The van der Waals surface area contributed by atoms with Crippen LogP contribution in [0.1, 0.15) is 5.56 Å². The molecule has 0 aliphatic carbocycles. The van der Waals surface area contributed by atoms with Crippen molar-refractivity contribution in [2.75, 3.05) is 12.0 Å². The van der Waals surface area contributed by atoms with Gasteiger partial charge >= 0.3 is 0 Å². The van der Waals surface area contributed by atoms with Crippen LogP contribution in [-0.2, 0) is 23.3 Å². The first-order chi connectivity index (χ1) is 13.3. The Morgan fingerprint density at radius 3 is 2.71 bits per heavy atom. The maximum atomic E-state index is 14.5. The molecule has 144 valence electrons. The quantitative estimate of drug-likeness (QED) is 0.557. The summed E-state index contributed by atoms with van der Waals surface area (Å²) in [7, 11) is -1.32. The summed E-state index contributed by atoms with van der Waals surface area (Å²) >= 11 is 0. The molecule has 3 heterocycles. The van der Waals surface area contributed by atoms with Gasteiger partial charge < -0.3 is 4.98 Å². The second-order valence-corrected chi connectivity index (χ2v) is 8.99. The molecule has 3 aromatic heterocycles. The lowest BCUT2D eigenvalue weighted by atomic mass is 10.0. The number of H-pyrrole nitrogens is 1. The Labute approximate surface area is 161 Å². The highest BCUT2D eigenvalue weighted by Crippen LogP contribution is 2.29. The number of imidazole rings is 1. The molecule has 1 N–H and O–H groups in total. The first-order valence-corrected chi connectivity index (χ1v) is 10.7. The molecule has 0 saturated heterocycles. The van der Waals surface area contributed by atoms with Gasteiger partial charge in [-0.1, -0.05) is 12.1 Å². The lowest BCUT2D eigenvalue weighted by molar-refractivity contribution is 0.596. The lowest BCUT2D eigenvalue weighted by Crippen LogP contribution is -2.07. The van der Waals surface area contributed by atoms with E-state index in [1.807, 2.05) is 13.2 Å². The van der Waals surface area contributed by atoms with Crippen LogP contribution in [0.25, 0.3) is 33.7 Å². The number of aromatic nitrogens is 5.